The number of aryl methyl sites for hydroxylation is 1. The molecule has 2 aromatic rings. The summed E-state index contributed by atoms with van der Waals surface area (Å²) < 4.78 is 2.09. The average molecular weight is 273 g/mol. The molecule has 1 atom stereocenters. The van der Waals surface area contributed by atoms with Crippen LogP contribution in [0.4, 0.5) is 0 Å². The third-order valence-electron chi connectivity index (χ3n) is 3.56. The van der Waals surface area contributed by atoms with Gasteiger partial charge in [-0.2, -0.15) is 0 Å². The van der Waals surface area contributed by atoms with Gasteiger partial charge in [-0.3, -0.25) is 4.90 Å². The van der Waals surface area contributed by atoms with Gasteiger partial charge in [-0.1, -0.05) is 18.2 Å². The van der Waals surface area contributed by atoms with Crippen molar-refractivity contribution in [3.05, 3.63) is 48.0 Å². The second-order valence-electron chi connectivity index (χ2n) is 5.20. The van der Waals surface area contributed by atoms with Gasteiger partial charge in [0.1, 0.15) is 5.82 Å². The maximum absolute atomic E-state index is 4.38. The molecule has 100 valence electrons. The summed E-state index contributed by atoms with van der Waals surface area (Å²) in [6.07, 6.45) is 5.05. The predicted molar refractivity (Wildman–Crippen MR) is 79.3 cm³/mol. The Hall–Kier alpha value is -1.26. The van der Waals surface area contributed by atoms with E-state index < -0.39 is 0 Å². The Morgan fingerprint density at radius 1 is 1.42 bits per heavy atom. The molecule has 0 radical (unpaired) electrons. The van der Waals surface area contributed by atoms with Crippen LogP contribution in [0.1, 0.15) is 11.4 Å². The zero-order valence-electron chi connectivity index (χ0n) is 11.4. The topological polar surface area (TPSA) is 21.1 Å². The fourth-order valence-electron chi connectivity index (χ4n) is 2.56. The lowest BCUT2D eigenvalue weighted by atomic mass is 10.1. The quantitative estimate of drug-likeness (QED) is 0.854. The smallest absolute Gasteiger partial charge is 0.122 e. The van der Waals surface area contributed by atoms with Gasteiger partial charge < -0.3 is 4.57 Å². The summed E-state index contributed by atoms with van der Waals surface area (Å²) in [5, 5.41) is 0.669. The second-order valence-corrected chi connectivity index (χ2v) is 6.55. The van der Waals surface area contributed by atoms with Crippen LogP contribution in [0.5, 0.6) is 0 Å². The highest BCUT2D eigenvalue weighted by atomic mass is 32.2. The molecule has 0 fully saturated rings. The lowest BCUT2D eigenvalue weighted by Gasteiger charge is -2.19. The molecule has 1 aliphatic rings. The van der Waals surface area contributed by atoms with E-state index in [9.17, 15) is 0 Å². The van der Waals surface area contributed by atoms with E-state index in [2.05, 4.69) is 52.8 Å². The molecule has 1 unspecified atom stereocenters. The van der Waals surface area contributed by atoms with Crippen molar-refractivity contribution in [2.24, 2.45) is 7.05 Å². The summed E-state index contributed by atoms with van der Waals surface area (Å²) in [4.78, 5) is 8.21. The van der Waals surface area contributed by atoms with Gasteiger partial charge in [0.05, 0.1) is 6.54 Å². The SMILES string of the molecule is CN(Cc1nccn1C)CC1Cc2ccccc2S1. The highest BCUT2D eigenvalue weighted by molar-refractivity contribution is 8.00. The van der Waals surface area contributed by atoms with Gasteiger partial charge in [0.25, 0.3) is 0 Å². The summed E-state index contributed by atoms with van der Waals surface area (Å²) in [5.74, 6) is 1.13. The van der Waals surface area contributed by atoms with Crippen LogP contribution < -0.4 is 0 Å². The van der Waals surface area contributed by atoms with Crippen molar-refractivity contribution in [2.75, 3.05) is 13.6 Å². The molecule has 1 aromatic heterocycles. The monoisotopic (exact) mass is 273 g/mol. The zero-order valence-corrected chi connectivity index (χ0v) is 12.2. The van der Waals surface area contributed by atoms with Gasteiger partial charge in [0.15, 0.2) is 0 Å². The van der Waals surface area contributed by atoms with E-state index in [0.29, 0.717) is 5.25 Å². The number of benzene rings is 1. The Kier molecular flexibility index (Phi) is 3.62. The van der Waals surface area contributed by atoms with E-state index in [0.717, 1.165) is 18.9 Å². The molecule has 0 spiro atoms. The minimum Gasteiger partial charge on any atom is -0.337 e. The third-order valence-corrected chi connectivity index (χ3v) is 4.86. The van der Waals surface area contributed by atoms with Crippen LogP contribution in [0.25, 0.3) is 0 Å². The second kappa shape index (κ2) is 5.39. The highest BCUT2D eigenvalue weighted by Gasteiger charge is 2.23. The largest absolute Gasteiger partial charge is 0.337 e. The summed E-state index contributed by atoms with van der Waals surface area (Å²) >= 11 is 2.01. The number of hydrogen-bond acceptors (Lipinski definition) is 3. The Balaban J connectivity index is 1.57. The first kappa shape index (κ1) is 12.8. The molecule has 0 aliphatic carbocycles. The number of imidazole rings is 1. The van der Waals surface area contributed by atoms with E-state index in [4.69, 9.17) is 0 Å². The maximum atomic E-state index is 4.38. The van der Waals surface area contributed by atoms with Gasteiger partial charge in [-0.05, 0) is 25.1 Å². The van der Waals surface area contributed by atoms with Crippen molar-refractivity contribution in [2.45, 2.75) is 23.1 Å². The van der Waals surface area contributed by atoms with Crippen molar-refractivity contribution in [1.82, 2.24) is 14.5 Å². The van der Waals surface area contributed by atoms with Crippen LogP contribution in [0.15, 0.2) is 41.6 Å². The first-order chi connectivity index (χ1) is 9.22. The maximum Gasteiger partial charge on any atom is 0.122 e. The molecule has 0 saturated carbocycles. The number of rotatable bonds is 4. The lowest BCUT2D eigenvalue weighted by molar-refractivity contribution is 0.315. The van der Waals surface area contributed by atoms with Crippen molar-refractivity contribution in [3.63, 3.8) is 0 Å². The standard InChI is InChI=1S/C15H19N3S/c1-17(11-15-16-7-8-18(15)2)10-13-9-12-5-3-4-6-14(12)19-13/h3-8,13H,9-11H2,1-2H3. The van der Waals surface area contributed by atoms with Crippen molar-refractivity contribution in [3.8, 4) is 0 Å². The minimum atomic E-state index is 0.669. The third kappa shape index (κ3) is 2.85. The Bertz CT molecular complexity index is 539. The summed E-state index contributed by atoms with van der Waals surface area (Å²) in [5.41, 5.74) is 1.50. The molecule has 3 rings (SSSR count). The van der Waals surface area contributed by atoms with Crippen LogP contribution in [-0.2, 0) is 20.0 Å². The number of nitrogens with zero attached hydrogens (tertiary/aromatic N) is 3. The molecule has 1 aromatic carbocycles. The number of thioether (sulfide) groups is 1. The van der Waals surface area contributed by atoms with Gasteiger partial charge in [0, 0.05) is 36.1 Å². The molecule has 0 saturated heterocycles. The van der Waals surface area contributed by atoms with Crippen LogP contribution in [0.2, 0.25) is 0 Å². The molecular formula is C15H19N3S. The molecule has 19 heavy (non-hydrogen) atoms. The zero-order chi connectivity index (χ0) is 13.2. The van der Waals surface area contributed by atoms with Crippen LogP contribution in [0, 0.1) is 0 Å². The molecule has 1 aliphatic heterocycles. The molecule has 4 heteroatoms. The fraction of sp³-hybridized carbons (Fsp3) is 0.400. The summed E-state index contributed by atoms with van der Waals surface area (Å²) in [6.45, 7) is 2.02. The van der Waals surface area contributed by atoms with Crippen molar-refractivity contribution < 1.29 is 0 Å². The van der Waals surface area contributed by atoms with Crippen LogP contribution in [0.3, 0.4) is 0 Å². The van der Waals surface area contributed by atoms with E-state index in [1.807, 2.05) is 24.2 Å². The number of hydrogen-bond donors (Lipinski definition) is 0. The van der Waals surface area contributed by atoms with Crippen molar-refractivity contribution in [1.29, 1.82) is 0 Å². The first-order valence-corrected chi connectivity index (χ1v) is 7.49. The Morgan fingerprint density at radius 2 is 2.26 bits per heavy atom. The van der Waals surface area contributed by atoms with E-state index in [1.165, 1.54) is 16.9 Å². The molecule has 0 N–H and O–H groups in total. The average Bonchev–Trinajstić information content (AvgIpc) is 2.95. The Labute approximate surface area is 118 Å². The lowest BCUT2D eigenvalue weighted by Crippen LogP contribution is -2.27. The minimum absolute atomic E-state index is 0.669. The summed E-state index contributed by atoms with van der Waals surface area (Å²) in [6, 6.07) is 8.75. The van der Waals surface area contributed by atoms with E-state index >= 15 is 0 Å². The summed E-state index contributed by atoms with van der Waals surface area (Å²) in [7, 11) is 4.23. The molecular weight excluding hydrogens is 254 g/mol. The van der Waals surface area contributed by atoms with E-state index in [-0.39, 0.29) is 0 Å². The van der Waals surface area contributed by atoms with Gasteiger partial charge in [-0.15, -0.1) is 11.8 Å². The van der Waals surface area contributed by atoms with Gasteiger partial charge >= 0.3 is 0 Å². The Morgan fingerprint density at radius 3 is 3.00 bits per heavy atom. The number of aromatic nitrogens is 2. The van der Waals surface area contributed by atoms with Gasteiger partial charge in [-0.25, -0.2) is 4.98 Å². The van der Waals surface area contributed by atoms with Crippen LogP contribution in [-0.4, -0.2) is 33.3 Å². The van der Waals surface area contributed by atoms with E-state index in [1.54, 1.807) is 0 Å². The predicted octanol–water partition coefficient (Wildman–Crippen LogP) is 2.57. The molecule has 3 nitrogen and oxygen atoms in total. The highest BCUT2D eigenvalue weighted by Crippen LogP contribution is 2.36. The number of fused-ring (bicyclic) bond motifs is 1. The molecule has 0 bridgehead atoms. The van der Waals surface area contributed by atoms with Crippen molar-refractivity contribution >= 4 is 11.8 Å². The normalized spacial score (nSPS) is 17.9. The molecule has 0 amide bonds. The van der Waals surface area contributed by atoms with Gasteiger partial charge in [0.2, 0.25) is 0 Å². The fourth-order valence-corrected chi connectivity index (χ4v) is 3.97. The van der Waals surface area contributed by atoms with Crippen LogP contribution >= 0.6 is 11.8 Å². The molecule has 2 heterocycles. The first-order valence-electron chi connectivity index (χ1n) is 6.61.